The van der Waals surface area contributed by atoms with Gasteiger partial charge in [-0.25, -0.2) is 18.7 Å². The molecule has 0 bridgehead atoms. The second-order valence-electron chi connectivity index (χ2n) is 6.94. The van der Waals surface area contributed by atoms with Crippen molar-refractivity contribution in [3.8, 4) is 5.75 Å². The summed E-state index contributed by atoms with van der Waals surface area (Å²) in [5.41, 5.74) is 1.33. The van der Waals surface area contributed by atoms with Gasteiger partial charge in [-0.1, -0.05) is 6.07 Å². The van der Waals surface area contributed by atoms with Gasteiger partial charge in [0.05, 0.1) is 18.4 Å². The molecule has 1 fully saturated rings. The first-order valence-corrected chi connectivity index (χ1v) is 9.34. The van der Waals surface area contributed by atoms with Crippen molar-refractivity contribution >= 4 is 17.2 Å². The average molecular weight is 402 g/mol. The number of aromatic nitrogens is 3. The zero-order chi connectivity index (χ0) is 20.5. The van der Waals surface area contributed by atoms with Crippen LogP contribution in [-0.2, 0) is 0 Å². The van der Waals surface area contributed by atoms with E-state index in [1.54, 1.807) is 16.7 Å². The molecule has 0 aliphatic heterocycles. The Hall–Kier alpha value is -3.07. The third-order valence-corrected chi connectivity index (χ3v) is 4.88. The normalized spacial score (nSPS) is 18.7. The highest BCUT2D eigenvalue weighted by Gasteiger charge is 2.30. The van der Waals surface area contributed by atoms with E-state index < -0.39 is 18.0 Å². The highest BCUT2D eigenvalue weighted by atomic mass is 19.3. The van der Waals surface area contributed by atoms with Gasteiger partial charge in [0, 0.05) is 24.4 Å². The number of ether oxygens (including phenoxy) is 1. The van der Waals surface area contributed by atoms with Gasteiger partial charge in [0.2, 0.25) is 0 Å². The van der Waals surface area contributed by atoms with Crippen LogP contribution in [-0.4, -0.2) is 38.1 Å². The van der Waals surface area contributed by atoms with E-state index in [4.69, 9.17) is 4.74 Å². The standard InChI is InChI=1S/C20H20F2N4O3/c1-2-29-17-8-18-24-15(11-6-12(27)7-11)9-26(18)10-16(17)25-20(28)14-5-3-4-13(23-14)19(21)22/h3-5,8-12,19,27H,2,6-7H2,1H3,(H,25,28)/t11-,12+. The predicted octanol–water partition coefficient (Wildman–Crippen LogP) is 3.56. The van der Waals surface area contributed by atoms with Gasteiger partial charge in [-0.3, -0.25) is 4.79 Å². The minimum absolute atomic E-state index is 0.111. The molecular formula is C20H20F2N4O3. The fraction of sp³-hybridized carbons (Fsp3) is 0.350. The molecule has 3 aromatic heterocycles. The van der Waals surface area contributed by atoms with Gasteiger partial charge in [-0.05, 0) is 31.9 Å². The molecule has 1 saturated carbocycles. The maximum atomic E-state index is 12.9. The van der Waals surface area contributed by atoms with Crippen molar-refractivity contribution in [2.75, 3.05) is 11.9 Å². The smallest absolute Gasteiger partial charge is 0.280 e. The monoisotopic (exact) mass is 402 g/mol. The summed E-state index contributed by atoms with van der Waals surface area (Å²) in [6, 6.07) is 5.62. The molecule has 0 saturated heterocycles. The Kier molecular flexibility index (Phi) is 5.14. The molecule has 0 atom stereocenters. The van der Waals surface area contributed by atoms with Gasteiger partial charge >= 0.3 is 0 Å². The van der Waals surface area contributed by atoms with Gasteiger partial charge in [0.25, 0.3) is 12.3 Å². The Morgan fingerprint density at radius 2 is 2.14 bits per heavy atom. The van der Waals surface area contributed by atoms with Crippen molar-refractivity contribution in [2.45, 2.75) is 38.2 Å². The molecule has 0 spiro atoms. The van der Waals surface area contributed by atoms with Crippen molar-refractivity contribution in [1.82, 2.24) is 14.4 Å². The lowest BCUT2D eigenvalue weighted by Crippen LogP contribution is -2.26. The molecule has 152 valence electrons. The number of halogens is 2. The van der Waals surface area contributed by atoms with E-state index in [0.717, 1.165) is 5.69 Å². The van der Waals surface area contributed by atoms with Crippen LogP contribution in [0.25, 0.3) is 5.65 Å². The first-order chi connectivity index (χ1) is 13.9. The number of pyridine rings is 2. The molecule has 0 radical (unpaired) electrons. The summed E-state index contributed by atoms with van der Waals surface area (Å²) in [5, 5.41) is 12.2. The number of carbonyl (C=O) groups excluding carboxylic acids is 1. The molecule has 7 nitrogen and oxygen atoms in total. The molecule has 9 heteroatoms. The second-order valence-corrected chi connectivity index (χ2v) is 6.94. The molecule has 1 aliphatic carbocycles. The molecular weight excluding hydrogens is 382 g/mol. The zero-order valence-corrected chi connectivity index (χ0v) is 15.7. The van der Waals surface area contributed by atoms with E-state index in [0.29, 0.717) is 36.5 Å². The van der Waals surface area contributed by atoms with Crippen molar-refractivity contribution < 1.29 is 23.4 Å². The maximum Gasteiger partial charge on any atom is 0.280 e. The van der Waals surface area contributed by atoms with Crippen LogP contribution in [0.2, 0.25) is 0 Å². The summed E-state index contributed by atoms with van der Waals surface area (Å²) in [4.78, 5) is 20.9. The fourth-order valence-corrected chi connectivity index (χ4v) is 3.32. The van der Waals surface area contributed by atoms with E-state index in [2.05, 4.69) is 15.3 Å². The van der Waals surface area contributed by atoms with E-state index in [1.807, 2.05) is 13.1 Å². The lowest BCUT2D eigenvalue weighted by molar-refractivity contribution is 0.0734. The number of fused-ring (bicyclic) bond motifs is 1. The first kappa shape index (κ1) is 19.3. The van der Waals surface area contributed by atoms with Crippen LogP contribution in [0.5, 0.6) is 5.75 Å². The third kappa shape index (κ3) is 3.91. The Morgan fingerprint density at radius 1 is 1.34 bits per heavy atom. The summed E-state index contributed by atoms with van der Waals surface area (Å²) in [5.74, 6) is 0.0131. The SMILES string of the molecule is CCOc1cc2nc([C@H]3C[C@@H](O)C3)cn2cc1NC(=O)c1cccc(C(F)F)n1. The summed E-state index contributed by atoms with van der Waals surface area (Å²) in [6.07, 6.45) is 1.84. The van der Waals surface area contributed by atoms with Crippen LogP contribution in [0.3, 0.4) is 0 Å². The number of hydrogen-bond acceptors (Lipinski definition) is 5. The molecule has 0 aromatic carbocycles. The first-order valence-electron chi connectivity index (χ1n) is 9.34. The van der Waals surface area contributed by atoms with Crippen molar-refractivity contribution in [1.29, 1.82) is 0 Å². The summed E-state index contributed by atoms with van der Waals surface area (Å²) in [7, 11) is 0. The molecule has 4 rings (SSSR count). The zero-order valence-electron chi connectivity index (χ0n) is 15.7. The summed E-state index contributed by atoms with van der Waals surface area (Å²) < 4.78 is 33.1. The van der Waals surface area contributed by atoms with Gasteiger partial charge in [-0.2, -0.15) is 0 Å². The second kappa shape index (κ2) is 7.75. The number of amides is 1. The Labute approximate surface area is 165 Å². The highest BCUT2D eigenvalue weighted by Crippen LogP contribution is 2.37. The number of imidazole rings is 1. The molecule has 0 unspecified atom stereocenters. The largest absolute Gasteiger partial charge is 0.491 e. The lowest BCUT2D eigenvalue weighted by atomic mass is 9.80. The number of alkyl halides is 2. The maximum absolute atomic E-state index is 12.9. The molecule has 29 heavy (non-hydrogen) atoms. The molecule has 1 amide bonds. The number of rotatable bonds is 6. The fourth-order valence-electron chi connectivity index (χ4n) is 3.32. The predicted molar refractivity (Wildman–Crippen MR) is 101 cm³/mol. The minimum atomic E-state index is -2.76. The van der Waals surface area contributed by atoms with Crippen LogP contribution >= 0.6 is 0 Å². The average Bonchev–Trinajstić information content (AvgIpc) is 3.08. The van der Waals surface area contributed by atoms with Gasteiger partial charge < -0.3 is 19.6 Å². The van der Waals surface area contributed by atoms with E-state index in [1.165, 1.54) is 18.2 Å². The van der Waals surface area contributed by atoms with Crippen molar-refractivity contribution in [2.24, 2.45) is 0 Å². The van der Waals surface area contributed by atoms with Crippen LogP contribution < -0.4 is 10.1 Å². The Morgan fingerprint density at radius 3 is 2.83 bits per heavy atom. The third-order valence-electron chi connectivity index (χ3n) is 4.88. The molecule has 3 aromatic rings. The number of hydrogen-bond donors (Lipinski definition) is 2. The van der Waals surface area contributed by atoms with Crippen molar-refractivity contribution in [3.05, 3.63) is 53.7 Å². The summed E-state index contributed by atoms with van der Waals surface area (Å²) >= 11 is 0. The number of carbonyl (C=O) groups is 1. The van der Waals surface area contributed by atoms with Gasteiger partial charge in [-0.15, -0.1) is 0 Å². The van der Waals surface area contributed by atoms with Crippen LogP contribution in [0.4, 0.5) is 14.5 Å². The molecule has 3 heterocycles. The van der Waals surface area contributed by atoms with E-state index in [-0.39, 0.29) is 17.7 Å². The lowest BCUT2D eigenvalue weighted by Gasteiger charge is -2.29. The van der Waals surface area contributed by atoms with Crippen LogP contribution in [0, 0.1) is 0 Å². The van der Waals surface area contributed by atoms with E-state index in [9.17, 15) is 18.7 Å². The quantitative estimate of drug-likeness (QED) is 0.658. The Balaban J connectivity index is 1.63. The summed E-state index contributed by atoms with van der Waals surface area (Å²) in [6.45, 7) is 2.19. The number of aliphatic hydroxyl groups excluding tert-OH is 1. The number of aliphatic hydroxyl groups is 1. The van der Waals surface area contributed by atoms with Gasteiger partial charge in [0.1, 0.15) is 28.5 Å². The Bertz CT molecular complexity index is 1050. The van der Waals surface area contributed by atoms with E-state index >= 15 is 0 Å². The highest BCUT2D eigenvalue weighted by molar-refractivity contribution is 6.03. The molecule has 2 N–H and O–H groups in total. The topological polar surface area (TPSA) is 88.8 Å². The van der Waals surface area contributed by atoms with Gasteiger partial charge in [0.15, 0.2) is 0 Å². The number of nitrogens with zero attached hydrogens (tertiary/aromatic N) is 3. The minimum Gasteiger partial charge on any atom is -0.491 e. The van der Waals surface area contributed by atoms with Crippen LogP contribution in [0.1, 0.15) is 54.0 Å². The van der Waals surface area contributed by atoms with Crippen molar-refractivity contribution in [3.63, 3.8) is 0 Å². The number of anilines is 1. The number of nitrogens with one attached hydrogen (secondary N) is 1. The molecule has 1 aliphatic rings. The van der Waals surface area contributed by atoms with Crippen LogP contribution in [0.15, 0.2) is 36.7 Å².